The molecule has 0 radical (unpaired) electrons. The fourth-order valence-corrected chi connectivity index (χ4v) is 4.78. The summed E-state index contributed by atoms with van der Waals surface area (Å²) in [5.41, 5.74) is 6.17. The van der Waals surface area contributed by atoms with E-state index in [2.05, 4.69) is 39.5 Å². The topological polar surface area (TPSA) is 61.3 Å². The molecule has 0 saturated carbocycles. The van der Waals surface area contributed by atoms with Crippen molar-refractivity contribution < 1.29 is 9.21 Å². The Bertz CT molecular complexity index is 1270. The number of hydrogen-bond acceptors (Lipinski definition) is 3. The number of anilines is 2. The first kappa shape index (κ1) is 20.7. The van der Waals surface area contributed by atoms with Gasteiger partial charge in [0.25, 0.3) is 5.91 Å². The average Bonchev–Trinajstić information content (AvgIpc) is 3.43. The Balaban J connectivity index is 1.44. The molecule has 5 rings (SSSR count). The standard InChI is InChI=1S/C26H26ClN3O2/c1-2-20-21-14-18(27)9-10-23(21)28-25(20)26(31)29-24-16-32-15-22(24)17-7-6-8-19(13-17)30-11-4-3-5-12-30/h6-10,13-16,28H,2-5,11-12H2,1H3,(H,29,31). The molecule has 3 heterocycles. The maximum atomic E-state index is 13.2. The van der Waals surface area contributed by atoms with Crippen LogP contribution in [0.25, 0.3) is 22.0 Å². The Morgan fingerprint density at radius 2 is 1.97 bits per heavy atom. The monoisotopic (exact) mass is 447 g/mol. The minimum Gasteiger partial charge on any atom is -0.470 e. The van der Waals surface area contributed by atoms with Gasteiger partial charge in [-0.15, -0.1) is 0 Å². The fourth-order valence-electron chi connectivity index (χ4n) is 4.61. The molecule has 0 aliphatic carbocycles. The highest BCUT2D eigenvalue weighted by Gasteiger charge is 2.20. The van der Waals surface area contributed by atoms with E-state index in [9.17, 15) is 4.79 Å². The number of nitrogens with one attached hydrogen (secondary N) is 2. The summed E-state index contributed by atoms with van der Waals surface area (Å²) in [7, 11) is 0. The summed E-state index contributed by atoms with van der Waals surface area (Å²) >= 11 is 6.18. The number of piperidine rings is 1. The molecule has 6 heteroatoms. The van der Waals surface area contributed by atoms with Gasteiger partial charge in [-0.2, -0.15) is 0 Å². The normalized spacial score (nSPS) is 14.1. The number of furan rings is 1. The van der Waals surface area contributed by atoms with E-state index < -0.39 is 0 Å². The first-order chi connectivity index (χ1) is 15.6. The number of hydrogen-bond donors (Lipinski definition) is 2. The Morgan fingerprint density at radius 3 is 2.78 bits per heavy atom. The van der Waals surface area contributed by atoms with E-state index in [0.717, 1.165) is 47.1 Å². The lowest BCUT2D eigenvalue weighted by molar-refractivity contribution is 0.102. The van der Waals surface area contributed by atoms with E-state index in [1.807, 2.05) is 25.1 Å². The highest BCUT2D eigenvalue weighted by atomic mass is 35.5. The van der Waals surface area contributed by atoms with Crippen molar-refractivity contribution in [2.45, 2.75) is 32.6 Å². The van der Waals surface area contributed by atoms with Gasteiger partial charge in [-0.25, -0.2) is 0 Å². The summed E-state index contributed by atoms with van der Waals surface area (Å²) in [5.74, 6) is -0.191. The third kappa shape index (κ3) is 3.89. The number of carbonyl (C=O) groups excluding carboxylic acids is 1. The lowest BCUT2D eigenvalue weighted by atomic mass is 10.0. The summed E-state index contributed by atoms with van der Waals surface area (Å²) in [6, 6.07) is 14.1. The Hall–Kier alpha value is -3.18. The number of aromatic nitrogens is 1. The molecule has 0 atom stereocenters. The summed E-state index contributed by atoms with van der Waals surface area (Å²) in [6.07, 6.45) is 7.76. The van der Waals surface area contributed by atoms with Gasteiger partial charge < -0.3 is 19.6 Å². The summed E-state index contributed by atoms with van der Waals surface area (Å²) in [6.45, 7) is 4.21. The number of H-pyrrole nitrogens is 1. The molecule has 1 aliphatic heterocycles. The van der Waals surface area contributed by atoms with Crippen LogP contribution in [0.15, 0.2) is 59.4 Å². The molecule has 2 aromatic heterocycles. The van der Waals surface area contributed by atoms with Gasteiger partial charge in [0.05, 0.1) is 5.69 Å². The molecule has 0 unspecified atom stereocenters. The van der Waals surface area contributed by atoms with Crippen molar-refractivity contribution in [3.63, 3.8) is 0 Å². The van der Waals surface area contributed by atoms with Gasteiger partial charge in [-0.3, -0.25) is 4.79 Å². The average molecular weight is 448 g/mol. The van der Waals surface area contributed by atoms with Crippen LogP contribution < -0.4 is 10.2 Å². The number of rotatable bonds is 5. The molecule has 5 nitrogen and oxygen atoms in total. The maximum absolute atomic E-state index is 13.2. The number of benzene rings is 2. The zero-order chi connectivity index (χ0) is 22.1. The van der Waals surface area contributed by atoms with Crippen LogP contribution >= 0.6 is 11.6 Å². The second kappa shape index (κ2) is 8.75. The van der Waals surface area contributed by atoms with E-state index in [0.29, 0.717) is 16.4 Å². The van der Waals surface area contributed by atoms with Gasteiger partial charge in [0, 0.05) is 40.3 Å². The number of aryl methyl sites for hydroxylation is 1. The molecular weight excluding hydrogens is 422 g/mol. The van der Waals surface area contributed by atoms with Crippen LogP contribution in [0.4, 0.5) is 11.4 Å². The highest BCUT2D eigenvalue weighted by molar-refractivity contribution is 6.31. The van der Waals surface area contributed by atoms with Crippen molar-refractivity contribution in [3.8, 4) is 11.1 Å². The van der Waals surface area contributed by atoms with Crippen LogP contribution in [0.5, 0.6) is 0 Å². The molecule has 1 fully saturated rings. The Kier molecular flexibility index (Phi) is 5.66. The number of nitrogens with zero attached hydrogens (tertiary/aromatic N) is 1. The van der Waals surface area contributed by atoms with Gasteiger partial charge >= 0.3 is 0 Å². The van der Waals surface area contributed by atoms with Crippen molar-refractivity contribution in [2.24, 2.45) is 0 Å². The van der Waals surface area contributed by atoms with Gasteiger partial charge in [-0.05, 0) is 67.1 Å². The minimum atomic E-state index is -0.191. The summed E-state index contributed by atoms with van der Waals surface area (Å²) in [4.78, 5) is 18.9. The molecule has 0 bridgehead atoms. The van der Waals surface area contributed by atoms with Crippen LogP contribution in [0, 0.1) is 0 Å². The molecule has 0 spiro atoms. The van der Waals surface area contributed by atoms with Gasteiger partial charge in [0.1, 0.15) is 18.2 Å². The van der Waals surface area contributed by atoms with E-state index in [4.69, 9.17) is 16.0 Å². The fraction of sp³-hybridized carbons (Fsp3) is 0.269. The molecule has 2 aromatic carbocycles. The molecule has 1 amide bonds. The third-order valence-corrected chi connectivity index (χ3v) is 6.47. The predicted molar refractivity (Wildman–Crippen MR) is 131 cm³/mol. The van der Waals surface area contributed by atoms with Gasteiger partial charge in [0.2, 0.25) is 0 Å². The molecule has 4 aromatic rings. The number of carbonyl (C=O) groups is 1. The minimum absolute atomic E-state index is 0.191. The van der Waals surface area contributed by atoms with Crippen LogP contribution in [-0.4, -0.2) is 24.0 Å². The van der Waals surface area contributed by atoms with Gasteiger partial charge in [0.15, 0.2) is 0 Å². The molecular formula is C26H26ClN3O2. The third-order valence-electron chi connectivity index (χ3n) is 6.24. The Morgan fingerprint density at radius 1 is 1.12 bits per heavy atom. The van der Waals surface area contributed by atoms with E-state index in [1.54, 1.807) is 12.5 Å². The van der Waals surface area contributed by atoms with Crippen LogP contribution in [0.2, 0.25) is 5.02 Å². The zero-order valence-corrected chi connectivity index (χ0v) is 18.8. The van der Waals surface area contributed by atoms with Crippen LogP contribution in [0.1, 0.15) is 42.2 Å². The van der Waals surface area contributed by atoms with Crippen molar-refractivity contribution in [3.05, 3.63) is 71.3 Å². The maximum Gasteiger partial charge on any atom is 0.272 e. The summed E-state index contributed by atoms with van der Waals surface area (Å²) < 4.78 is 5.50. The Labute approximate surface area is 192 Å². The molecule has 1 aliphatic rings. The SMILES string of the molecule is CCc1c(C(=O)Nc2cocc2-c2cccc(N3CCCCC3)c2)[nH]c2ccc(Cl)cc12. The summed E-state index contributed by atoms with van der Waals surface area (Å²) in [5, 5.41) is 4.68. The molecule has 2 N–H and O–H groups in total. The highest BCUT2D eigenvalue weighted by Crippen LogP contribution is 2.33. The number of fused-ring (bicyclic) bond motifs is 1. The predicted octanol–water partition coefficient (Wildman–Crippen LogP) is 6.89. The van der Waals surface area contributed by atoms with Crippen LogP contribution in [0.3, 0.4) is 0 Å². The first-order valence-electron chi connectivity index (χ1n) is 11.2. The molecule has 1 saturated heterocycles. The van der Waals surface area contributed by atoms with Crippen molar-refractivity contribution in [2.75, 3.05) is 23.3 Å². The van der Waals surface area contributed by atoms with Crippen molar-refractivity contribution >= 4 is 39.8 Å². The second-order valence-corrected chi connectivity index (χ2v) is 8.71. The second-order valence-electron chi connectivity index (χ2n) is 8.27. The van der Waals surface area contributed by atoms with E-state index in [-0.39, 0.29) is 5.91 Å². The molecule has 164 valence electrons. The lowest BCUT2D eigenvalue weighted by Gasteiger charge is -2.29. The quantitative estimate of drug-likeness (QED) is 0.350. The number of amides is 1. The van der Waals surface area contributed by atoms with Gasteiger partial charge in [-0.1, -0.05) is 30.7 Å². The number of aromatic amines is 1. The van der Waals surface area contributed by atoms with Crippen molar-refractivity contribution in [1.29, 1.82) is 0 Å². The smallest absolute Gasteiger partial charge is 0.272 e. The van der Waals surface area contributed by atoms with Crippen molar-refractivity contribution in [1.82, 2.24) is 4.98 Å². The number of halogens is 1. The zero-order valence-electron chi connectivity index (χ0n) is 18.1. The van der Waals surface area contributed by atoms with E-state index >= 15 is 0 Å². The lowest BCUT2D eigenvalue weighted by Crippen LogP contribution is -2.29. The van der Waals surface area contributed by atoms with Crippen LogP contribution in [-0.2, 0) is 6.42 Å². The first-order valence-corrected chi connectivity index (χ1v) is 11.5. The van der Waals surface area contributed by atoms with E-state index in [1.165, 1.54) is 24.9 Å². The largest absolute Gasteiger partial charge is 0.470 e. The molecule has 32 heavy (non-hydrogen) atoms.